The maximum Gasteiger partial charge on any atom is 0.266 e. The van der Waals surface area contributed by atoms with Crippen molar-refractivity contribution in [2.75, 3.05) is 36.8 Å². The summed E-state index contributed by atoms with van der Waals surface area (Å²) in [6.45, 7) is 11.6. The first-order valence-electron chi connectivity index (χ1n) is 11.0. The van der Waals surface area contributed by atoms with Gasteiger partial charge < -0.3 is 23.2 Å². The van der Waals surface area contributed by atoms with Gasteiger partial charge in [0.1, 0.15) is 6.07 Å². The van der Waals surface area contributed by atoms with Crippen molar-refractivity contribution >= 4 is 23.6 Å². The van der Waals surface area contributed by atoms with Crippen LogP contribution >= 0.6 is 11.8 Å². The van der Waals surface area contributed by atoms with Crippen LogP contribution in [0.2, 0.25) is 0 Å². The molecule has 4 heterocycles. The number of amides is 1. The van der Waals surface area contributed by atoms with Gasteiger partial charge in [0, 0.05) is 38.4 Å². The van der Waals surface area contributed by atoms with E-state index >= 15 is 0 Å². The van der Waals surface area contributed by atoms with Crippen LogP contribution in [0.15, 0.2) is 32.4 Å². The molecule has 1 saturated heterocycles. The predicted molar refractivity (Wildman–Crippen MR) is 125 cm³/mol. The van der Waals surface area contributed by atoms with Gasteiger partial charge in [-0.05, 0) is 31.9 Å². The molecule has 4 rings (SSSR count). The van der Waals surface area contributed by atoms with Gasteiger partial charge in [-0.1, -0.05) is 25.6 Å². The van der Waals surface area contributed by atoms with Gasteiger partial charge >= 0.3 is 0 Å². The number of thioether (sulfide) groups is 1. The third-order valence-corrected chi connectivity index (χ3v) is 6.62. The lowest BCUT2D eigenvalue weighted by atomic mass is 10.2. The Kier molecular flexibility index (Phi) is 6.79. The van der Waals surface area contributed by atoms with Crippen molar-refractivity contribution in [2.24, 2.45) is 5.92 Å². The summed E-state index contributed by atoms with van der Waals surface area (Å²) < 4.78 is 13.4. The summed E-state index contributed by atoms with van der Waals surface area (Å²) in [5, 5.41) is 10.4. The normalized spacial score (nSPS) is 14.2. The molecule has 9 nitrogen and oxygen atoms in total. The van der Waals surface area contributed by atoms with Crippen molar-refractivity contribution in [3.63, 3.8) is 0 Å². The van der Waals surface area contributed by atoms with Crippen molar-refractivity contribution < 1.29 is 13.6 Å². The quantitative estimate of drug-likeness (QED) is 0.483. The van der Waals surface area contributed by atoms with E-state index in [-0.39, 0.29) is 17.5 Å². The van der Waals surface area contributed by atoms with Gasteiger partial charge in [-0.2, -0.15) is 10.2 Å². The molecule has 174 valence electrons. The van der Waals surface area contributed by atoms with E-state index in [0.717, 1.165) is 23.1 Å². The summed E-state index contributed by atoms with van der Waals surface area (Å²) in [4.78, 5) is 25.6. The van der Waals surface area contributed by atoms with E-state index in [2.05, 4.69) is 41.4 Å². The second-order valence-corrected chi connectivity index (χ2v) is 9.43. The number of imidazole rings is 1. The van der Waals surface area contributed by atoms with E-state index in [9.17, 15) is 10.1 Å². The van der Waals surface area contributed by atoms with E-state index < -0.39 is 0 Å². The van der Waals surface area contributed by atoms with Crippen LogP contribution in [-0.4, -0.2) is 57.3 Å². The van der Waals surface area contributed by atoms with Gasteiger partial charge in [0.25, 0.3) is 5.89 Å². The second-order valence-electron chi connectivity index (χ2n) is 8.49. The molecule has 0 atom stereocenters. The molecule has 1 aliphatic heterocycles. The molecule has 3 aromatic rings. The highest BCUT2D eigenvalue weighted by molar-refractivity contribution is 7.99. The van der Waals surface area contributed by atoms with Crippen LogP contribution in [0.5, 0.6) is 0 Å². The molecule has 0 saturated carbocycles. The van der Waals surface area contributed by atoms with Crippen molar-refractivity contribution in [1.29, 1.82) is 5.26 Å². The van der Waals surface area contributed by atoms with Crippen LogP contribution in [0.1, 0.15) is 30.9 Å². The lowest BCUT2D eigenvalue weighted by Gasteiger charge is -2.34. The molecule has 3 aromatic heterocycles. The molecule has 0 aromatic carbocycles. The van der Waals surface area contributed by atoms with E-state index in [1.807, 2.05) is 16.7 Å². The van der Waals surface area contributed by atoms with Crippen LogP contribution in [-0.2, 0) is 11.3 Å². The first-order chi connectivity index (χ1) is 15.9. The number of hydrogen-bond donors (Lipinski definition) is 0. The van der Waals surface area contributed by atoms with Gasteiger partial charge in [0.05, 0.1) is 17.7 Å². The summed E-state index contributed by atoms with van der Waals surface area (Å²) in [6.07, 6.45) is 1.53. The zero-order chi connectivity index (χ0) is 23.5. The molecule has 0 N–H and O–H groups in total. The van der Waals surface area contributed by atoms with Crippen molar-refractivity contribution in [1.82, 2.24) is 19.4 Å². The number of anilines is 1. The van der Waals surface area contributed by atoms with Crippen molar-refractivity contribution in [3.8, 4) is 17.7 Å². The molecule has 0 bridgehead atoms. The average Bonchev–Trinajstić information content (AvgIpc) is 3.53. The van der Waals surface area contributed by atoms with E-state index in [4.69, 9.17) is 8.83 Å². The fraction of sp³-hybridized carbons (Fsp3) is 0.478. The molecule has 1 amide bonds. The topological polar surface area (TPSA) is 104 Å². The lowest BCUT2D eigenvalue weighted by Crippen LogP contribution is -2.49. The minimum atomic E-state index is 0.0865. The Labute approximate surface area is 197 Å². The van der Waals surface area contributed by atoms with Gasteiger partial charge in [-0.25, -0.2) is 4.98 Å². The maximum atomic E-state index is 12.9. The minimum Gasteiger partial charge on any atom is -0.459 e. The Morgan fingerprint density at radius 1 is 1.24 bits per heavy atom. The molecule has 10 heteroatoms. The number of furan rings is 1. The molecule has 0 spiro atoms. The predicted octanol–water partition coefficient (Wildman–Crippen LogP) is 3.72. The number of nitriles is 1. The fourth-order valence-corrected chi connectivity index (χ4v) is 4.80. The number of carbonyl (C=O) groups excluding carboxylic acids is 1. The number of aryl methyl sites for hydroxylation is 1. The van der Waals surface area contributed by atoms with Crippen molar-refractivity contribution in [3.05, 3.63) is 35.5 Å². The smallest absolute Gasteiger partial charge is 0.266 e. The first kappa shape index (κ1) is 23.0. The first-order valence-corrected chi connectivity index (χ1v) is 12.0. The van der Waals surface area contributed by atoms with Crippen LogP contribution in [0.25, 0.3) is 11.7 Å². The molecule has 33 heavy (non-hydrogen) atoms. The number of nitrogens with zero attached hydrogens (tertiary/aromatic N) is 6. The molecule has 0 aliphatic carbocycles. The van der Waals surface area contributed by atoms with E-state index in [1.165, 1.54) is 18.0 Å². The van der Waals surface area contributed by atoms with Gasteiger partial charge in [0.15, 0.2) is 10.9 Å². The highest BCUT2D eigenvalue weighted by atomic mass is 32.2. The number of oxazole rings is 1. The SMILES string of the molecule is Cc1nc(SCC(=O)N2CCN(c3oc(-c4ccco4)nc3C#N)CC2)n(CC(C)C)c1C. The highest BCUT2D eigenvalue weighted by Gasteiger charge is 2.27. The molecular formula is C23H28N6O3S. The number of hydrogen-bond acceptors (Lipinski definition) is 8. The largest absolute Gasteiger partial charge is 0.459 e. The monoisotopic (exact) mass is 468 g/mol. The van der Waals surface area contributed by atoms with E-state index in [0.29, 0.717) is 49.5 Å². The van der Waals surface area contributed by atoms with Gasteiger partial charge in [-0.15, -0.1) is 0 Å². The summed E-state index contributed by atoms with van der Waals surface area (Å²) in [7, 11) is 0. The molecule has 0 radical (unpaired) electrons. The third kappa shape index (κ3) is 4.93. The molecular weight excluding hydrogens is 440 g/mol. The summed E-state index contributed by atoms with van der Waals surface area (Å²) >= 11 is 1.50. The Balaban J connectivity index is 1.36. The zero-order valence-electron chi connectivity index (χ0n) is 19.4. The number of rotatable bonds is 7. The lowest BCUT2D eigenvalue weighted by molar-refractivity contribution is -0.128. The number of piperazine rings is 1. The Morgan fingerprint density at radius 2 is 2.00 bits per heavy atom. The third-order valence-electron chi connectivity index (χ3n) is 5.66. The van der Waals surface area contributed by atoms with Crippen LogP contribution in [0, 0.1) is 31.1 Å². The standard InChI is InChI=1S/C23H28N6O3S/c1-15(2)13-29-17(4)16(3)25-23(29)33-14-20(30)27-7-9-28(10-8-27)22-18(12-24)26-21(32-22)19-6-5-11-31-19/h5-6,11,15H,7-10,13-14H2,1-4H3. The Hall–Kier alpha value is -3.19. The number of carbonyl (C=O) groups is 1. The van der Waals surface area contributed by atoms with Gasteiger partial charge in [-0.3, -0.25) is 4.79 Å². The van der Waals surface area contributed by atoms with Gasteiger partial charge in [0.2, 0.25) is 17.5 Å². The summed E-state index contributed by atoms with van der Waals surface area (Å²) in [5.41, 5.74) is 2.38. The highest BCUT2D eigenvalue weighted by Crippen LogP contribution is 2.29. The van der Waals surface area contributed by atoms with Crippen molar-refractivity contribution in [2.45, 2.75) is 39.4 Å². The molecule has 1 fully saturated rings. The maximum absolute atomic E-state index is 12.9. The van der Waals surface area contributed by atoms with Crippen LogP contribution in [0.3, 0.4) is 0 Å². The Morgan fingerprint density at radius 3 is 2.64 bits per heavy atom. The fourth-order valence-electron chi connectivity index (χ4n) is 3.80. The van der Waals surface area contributed by atoms with E-state index in [1.54, 1.807) is 12.1 Å². The molecule has 0 unspecified atom stereocenters. The second kappa shape index (κ2) is 9.75. The van der Waals surface area contributed by atoms with Crippen LogP contribution in [0.4, 0.5) is 5.88 Å². The molecule has 1 aliphatic rings. The average molecular weight is 469 g/mol. The summed E-state index contributed by atoms with van der Waals surface area (Å²) in [5.74, 6) is 2.12. The Bertz CT molecular complexity index is 1150. The summed E-state index contributed by atoms with van der Waals surface area (Å²) in [6, 6.07) is 5.57. The number of aromatic nitrogens is 3. The minimum absolute atomic E-state index is 0.0865. The zero-order valence-corrected chi connectivity index (χ0v) is 20.2. The van der Waals surface area contributed by atoms with Crippen LogP contribution < -0.4 is 4.90 Å².